The molecule has 3 N–H and O–H groups in total. The third-order valence-electron chi connectivity index (χ3n) is 13.6. The Balaban J connectivity index is 0.757. The van der Waals surface area contributed by atoms with Crippen LogP contribution in [-0.4, -0.2) is 98.8 Å². The standard InChI is InChI=1S/C52H54ClN11O5S2/c1-27(2)47(51(68)62-25-39(65)20-42(62)50(67)55-22-32-7-9-34(10-8-32)48-29(4)56-26-70-48)63-24-36(23-57-63)35-15-16-54-44(17-35)69-40-18-38(19-40)58-43(66)21-41-49-61-60-31(6)64(49)52-45(28(3)30(5)71-52)46(59-41)33-11-13-37(53)14-12-33/h7-17,23-24,26-27,38-42,47,65H,18-22,25H2,1-6H3,(H,55,67)(H,58,66)/t38-,39-,40-,41+,42+,47-/m1/s1. The minimum absolute atomic E-state index is 0.0503. The molecule has 2 aliphatic heterocycles. The van der Waals surface area contributed by atoms with E-state index in [0.29, 0.717) is 29.6 Å². The predicted molar refractivity (Wildman–Crippen MR) is 273 cm³/mol. The van der Waals surface area contributed by atoms with Gasteiger partial charge in [-0.15, -0.1) is 32.9 Å². The van der Waals surface area contributed by atoms with Crippen molar-refractivity contribution in [1.82, 2.24) is 50.0 Å². The molecule has 2 aromatic carbocycles. The quantitative estimate of drug-likeness (QED) is 0.0959. The van der Waals surface area contributed by atoms with Gasteiger partial charge in [0.05, 0.1) is 40.5 Å². The Morgan fingerprint density at radius 3 is 2.42 bits per heavy atom. The Bertz CT molecular complexity index is 3150. The van der Waals surface area contributed by atoms with Crippen LogP contribution in [0, 0.1) is 33.6 Å². The number of aryl methyl sites for hydroxylation is 3. The van der Waals surface area contributed by atoms with E-state index in [0.717, 1.165) is 66.1 Å². The summed E-state index contributed by atoms with van der Waals surface area (Å²) < 4.78 is 9.99. The highest BCUT2D eigenvalue weighted by Crippen LogP contribution is 2.40. The Morgan fingerprint density at radius 2 is 1.69 bits per heavy atom. The highest BCUT2D eigenvalue weighted by atomic mass is 35.5. The van der Waals surface area contributed by atoms with Crippen molar-refractivity contribution in [2.45, 2.75) is 110 Å². The summed E-state index contributed by atoms with van der Waals surface area (Å²) in [6.07, 6.45) is 5.64. The van der Waals surface area contributed by atoms with Gasteiger partial charge in [-0.25, -0.2) is 9.97 Å². The SMILES string of the molecule is Cc1ncsc1-c1ccc(CNC(=O)[C@@H]2C[C@@H](O)CN2C(=O)[C@@H](C(C)C)n2cc(-c3ccnc(O[C@H]4C[C@H](NC(=O)C[C@@H]5N=C(c6ccc(Cl)cc6)c6c(sc(C)c6C)-n6c(C)nnc65)C4)c3)cn2)cc1. The minimum Gasteiger partial charge on any atom is -0.474 e. The average Bonchev–Trinajstić information content (AvgIpc) is 4.19. The van der Waals surface area contributed by atoms with Crippen LogP contribution in [0.4, 0.5) is 0 Å². The second kappa shape index (κ2) is 19.9. The number of β-amino-alcohol motifs (C(OH)–C–C–N with tert-alkyl or cyclic N) is 1. The van der Waals surface area contributed by atoms with E-state index in [1.54, 1.807) is 39.7 Å². The average molecular weight is 1010 g/mol. The first-order valence-electron chi connectivity index (χ1n) is 23.8. The highest BCUT2D eigenvalue weighted by Gasteiger charge is 2.43. The summed E-state index contributed by atoms with van der Waals surface area (Å²) in [5.41, 5.74) is 10.2. The summed E-state index contributed by atoms with van der Waals surface area (Å²) in [6.45, 7) is 12.3. The number of aliphatic imine (C=N–C) groups is 1. The number of rotatable bonds is 14. The second-order valence-corrected chi connectivity index (χ2v) is 21.4. The number of halogens is 1. The molecule has 19 heteroatoms. The van der Waals surface area contributed by atoms with Gasteiger partial charge in [-0.05, 0) is 74.1 Å². The molecule has 3 amide bonds. The monoisotopic (exact) mass is 1010 g/mol. The number of nitrogens with one attached hydrogen (secondary N) is 2. The number of nitrogens with zero attached hydrogens (tertiary/aromatic N) is 9. The molecular weight excluding hydrogens is 958 g/mol. The van der Waals surface area contributed by atoms with E-state index < -0.39 is 24.2 Å². The van der Waals surface area contributed by atoms with Gasteiger partial charge in [0.2, 0.25) is 23.6 Å². The van der Waals surface area contributed by atoms with Crippen LogP contribution in [0.3, 0.4) is 0 Å². The van der Waals surface area contributed by atoms with Crippen molar-refractivity contribution in [3.8, 4) is 32.4 Å². The van der Waals surface area contributed by atoms with Gasteiger partial charge in [0, 0.05) is 83.4 Å². The molecule has 1 aliphatic carbocycles. The molecule has 5 aromatic heterocycles. The van der Waals surface area contributed by atoms with Crippen LogP contribution in [0.5, 0.6) is 5.88 Å². The van der Waals surface area contributed by atoms with Crippen LogP contribution in [-0.2, 0) is 20.9 Å². The predicted octanol–water partition coefficient (Wildman–Crippen LogP) is 8.08. The number of aliphatic hydroxyl groups is 1. The van der Waals surface area contributed by atoms with E-state index in [1.165, 1.54) is 9.78 Å². The van der Waals surface area contributed by atoms with E-state index >= 15 is 0 Å². The first-order chi connectivity index (χ1) is 34.2. The number of thiazole rings is 1. The number of fused-ring (bicyclic) bond motifs is 3. The zero-order valence-electron chi connectivity index (χ0n) is 40.2. The second-order valence-electron chi connectivity index (χ2n) is 18.9. The fourth-order valence-electron chi connectivity index (χ4n) is 9.68. The molecule has 1 saturated heterocycles. The molecule has 1 saturated carbocycles. The van der Waals surface area contributed by atoms with Crippen molar-refractivity contribution < 1.29 is 24.2 Å². The van der Waals surface area contributed by atoms with E-state index in [9.17, 15) is 19.5 Å². The lowest BCUT2D eigenvalue weighted by atomic mass is 9.89. The number of benzene rings is 2. The van der Waals surface area contributed by atoms with Crippen molar-refractivity contribution in [2.75, 3.05) is 6.54 Å². The first-order valence-corrected chi connectivity index (χ1v) is 25.8. The maximum atomic E-state index is 14.3. The zero-order valence-corrected chi connectivity index (χ0v) is 42.6. The van der Waals surface area contributed by atoms with Crippen molar-refractivity contribution in [2.24, 2.45) is 10.9 Å². The Kier molecular flexibility index (Phi) is 13.5. The van der Waals surface area contributed by atoms with Crippen LogP contribution >= 0.6 is 34.3 Å². The van der Waals surface area contributed by atoms with Crippen molar-refractivity contribution in [1.29, 1.82) is 0 Å². The van der Waals surface area contributed by atoms with Crippen LogP contribution in [0.2, 0.25) is 5.02 Å². The van der Waals surface area contributed by atoms with Gasteiger partial charge >= 0.3 is 0 Å². The van der Waals surface area contributed by atoms with Crippen molar-refractivity contribution >= 4 is 57.7 Å². The lowest BCUT2D eigenvalue weighted by Crippen LogP contribution is -2.49. The molecule has 4 atom stereocenters. The van der Waals surface area contributed by atoms with Gasteiger partial charge in [0.1, 0.15) is 35.1 Å². The Hall–Kier alpha value is -6.60. The van der Waals surface area contributed by atoms with Crippen LogP contribution in [0.1, 0.15) is 96.1 Å². The Morgan fingerprint density at radius 1 is 0.930 bits per heavy atom. The lowest BCUT2D eigenvalue weighted by molar-refractivity contribution is -0.142. The Labute approximate surface area is 424 Å². The number of pyridine rings is 1. The van der Waals surface area contributed by atoms with E-state index in [-0.39, 0.29) is 61.7 Å². The van der Waals surface area contributed by atoms with Gasteiger partial charge in [-0.3, -0.25) is 28.6 Å². The van der Waals surface area contributed by atoms with Crippen molar-refractivity contribution in [3.05, 3.63) is 134 Å². The minimum atomic E-state index is -0.830. The molecule has 0 bridgehead atoms. The maximum Gasteiger partial charge on any atom is 0.248 e. The zero-order chi connectivity index (χ0) is 49.7. The summed E-state index contributed by atoms with van der Waals surface area (Å²) in [5.74, 6) is 0.863. The lowest BCUT2D eigenvalue weighted by Gasteiger charge is -2.35. The summed E-state index contributed by atoms with van der Waals surface area (Å²) in [7, 11) is 0. The molecule has 0 unspecified atom stereocenters. The van der Waals surface area contributed by atoms with E-state index in [1.807, 2.05) is 105 Å². The number of thiophene rings is 1. The molecule has 10 rings (SSSR count). The third kappa shape index (κ3) is 9.77. The van der Waals surface area contributed by atoms with E-state index in [2.05, 4.69) is 49.7 Å². The fourth-order valence-corrected chi connectivity index (χ4v) is 11.8. The number of ether oxygens (including phenoxy) is 1. The first kappa shape index (κ1) is 48.0. The number of aliphatic hydroxyl groups excluding tert-OH is 1. The molecule has 0 spiro atoms. The number of hydrogen-bond donors (Lipinski definition) is 3. The molecule has 71 heavy (non-hydrogen) atoms. The number of amides is 3. The molecular formula is C52H54ClN11O5S2. The molecule has 7 heterocycles. The molecule has 3 aliphatic rings. The van der Waals surface area contributed by atoms with Crippen LogP contribution in [0.15, 0.2) is 89.8 Å². The highest BCUT2D eigenvalue weighted by molar-refractivity contribution is 7.15. The maximum absolute atomic E-state index is 14.3. The van der Waals surface area contributed by atoms with Gasteiger partial charge in [0.25, 0.3) is 0 Å². The topological polar surface area (TPSA) is 195 Å². The summed E-state index contributed by atoms with van der Waals surface area (Å²) in [5, 5.41) is 32.1. The molecule has 2 fully saturated rings. The van der Waals surface area contributed by atoms with E-state index in [4.69, 9.17) is 21.3 Å². The van der Waals surface area contributed by atoms with Gasteiger partial charge in [0.15, 0.2) is 5.82 Å². The van der Waals surface area contributed by atoms with Gasteiger partial charge < -0.3 is 25.4 Å². The van der Waals surface area contributed by atoms with Gasteiger partial charge in [-0.1, -0.05) is 61.8 Å². The normalized spacial score (nSPS) is 19.9. The summed E-state index contributed by atoms with van der Waals surface area (Å²) >= 11 is 9.53. The molecule has 366 valence electrons. The largest absolute Gasteiger partial charge is 0.474 e. The summed E-state index contributed by atoms with van der Waals surface area (Å²) in [4.78, 5) is 59.5. The molecule has 16 nitrogen and oxygen atoms in total. The number of carbonyl (C=O) groups is 3. The van der Waals surface area contributed by atoms with Crippen molar-refractivity contribution in [3.63, 3.8) is 0 Å². The van der Waals surface area contributed by atoms with Crippen LogP contribution in [0.25, 0.3) is 26.6 Å². The molecule has 0 radical (unpaired) electrons. The smallest absolute Gasteiger partial charge is 0.248 e. The number of carbonyl (C=O) groups excluding carboxylic acids is 3. The number of hydrogen-bond acceptors (Lipinski definition) is 13. The fraction of sp³-hybridized carbons (Fsp3) is 0.365. The third-order valence-corrected chi connectivity index (χ3v) is 16.0. The van der Waals surface area contributed by atoms with Crippen LogP contribution < -0.4 is 15.4 Å². The number of likely N-dealkylation sites (tertiary alicyclic amines) is 1. The van der Waals surface area contributed by atoms with Gasteiger partial charge in [-0.2, -0.15) is 5.10 Å². The summed E-state index contributed by atoms with van der Waals surface area (Å²) in [6, 6.07) is 17.1. The number of aromatic nitrogens is 7. The molecule has 7 aromatic rings.